The van der Waals surface area contributed by atoms with E-state index in [0.29, 0.717) is 12.8 Å². The average Bonchev–Trinajstić information content (AvgIpc) is 3.08. The van der Waals surface area contributed by atoms with E-state index in [0.717, 1.165) is 7.11 Å². The number of carbonyl (C=O) groups excluding carboxylic acids is 1. The molecule has 1 rings (SSSR count). The van der Waals surface area contributed by atoms with Crippen LogP contribution in [-0.4, -0.2) is 43.9 Å². The molecule has 0 aliphatic heterocycles. The maximum Gasteiger partial charge on any atom is 0.324 e. The summed E-state index contributed by atoms with van der Waals surface area (Å²) in [7, 11) is -2.67. The fourth-order valence-electron chi connectivity index (χ4n) is 1.66. The number of ether oxygens (including phenoxy) is 1. The molecule has 7 nitrogen and oxygen atoms in total. The van der Waals surface area contributed by atoms with Crippen LogP contribution in [0.25, 0.3) is 0 Å². The van der Waals surface area contributed by atoms with Crippen molar-refractivity contribution >= 4 is 22.0 Å². The smallest absolute Gasteiger partial charge is 0.324 e. The number of sulfonamides is 1. The van der Waals surface area contributed by atoms with Gasteiger partial charge >= 0.3 is 11.9 Å². The van der Waals surface area contributed by atoms with Crippen molar-refractivity contribution in [2.75, 3.05) is 12.9 Å². The third kappa shape index (κ3) is 3.67. The van der Waals surface area contributed by atoms with E-state index >= 15 is 0 Å². The number of nitrogens with one attached hydrogen (secondary N) is 1. The van der Waals surface area contributed by atoms with Gasteiger partial charge in [0.15, 0.2) is 0 Å². The highest BCUT2D eigenvalue weighted by molar-refractivity contribution is 7.89. The molecule has 1 fully saturated rings. The monoisotopic (exact) mass is 279 g/mol. The van der Waals surface area contributed by atoms with Crippen molar-refractivity contribution in [3.63, 3.8) is 0 Å². The van der Waals surface area contributed by atoms with E-state index in [-0.39, 0.29) is 12.3 Å². The van der Waals surface area contributed by atoms with Gasteiger partial charge in [-0.15, -0.1) is 0 Å². The van der Waals surface area contributed by atoms with Crippen molar-refractivity contribution in [1.82, 2.24) is 4.72 Å². The van der Waals surface area contributed by atoms with E-state index in [4.69, 9.17) is 5.11 Å². The number of carboxylic acids is 1. The van der Waals surface area contributed by atoms with Crippen molar-refractivity contribution < 1.29 is 27.9 Å². The quantitative estimate of drug-likeness (QED) is 0.620. The van der Waals surface area contributed by atoms with Gasteiger partial charge in [0.25, 0.3) is 0 Å². The van der Waals surface area contributed by atoms with Crippen LogP contribution in [0.3, 0.4) is 0 Å². The first kappa shape index (κ1) is 14.9. The molecule has 8 heteroatoms. The Balaban J connectivity index is 2.68. The highest BCUT2D eigenvalue weighted by Crippen LogP contribution is 2.40. The van der Waals surface area contributed by atoms with Gasteiger partial charge in [-0.05, 0) is 25.7 Å². The summed E-state index contributed by atoms with van der Waals surface area (Å²) >= 11 is 0. The van der Waals surface area contributed by atoms with E-state index in [1.807, 2.05) is 0 Å². The lowest BCUT2D eigenvalue weighted by Gasteiger charge is -2.25. The largest absolute Gasteiger partial charge is 0.480 e. The first-order valence-corrected chi connectivity index (χ1v) is 7.18. The number of carbonyl (C=O) groups is 2. The van der Waals surface area contributed by atoms with E-state index in [2.05, 4.69) is 9.46 Å². The van der Waals surface area contributed by atoms with Crippen LogP contribution in [0.5, 0.6) is 0 Å². The Labute approximate surface area is 106 Å². The van der Waals surface area contributed by atoms with E-state index in [9.17, 15) is 18.0 Å². The molecule has 1 atom stereocenters. The summed E-state index contributed by atoms with van der Waals surface area (Å²) in [5, 5.41) is 9.11. The molecule has 0 aromatic carbocycles. The number of esters is 1. The van der Waals surface area contributed by atoms with Gasteiger partial charge in [-0.2, -0.15) is 4.72 Å². The van der Waals surface area contributed by atoms with Crippen molar-refractivity contribution in [3.8, 4) is 0 Å². The summed E-state index contributed by atoms with van der Waals surface area (Å²) in [5.41, 5.74) is -1.49. The molecule has 1 saturated carbocycles. The van der Waals surface area contributed by atoms with Crippen LogP contribution in [-0.2, 0) is 24.3 Å². The van der Waals surface area contributed by atoms with Gasteiger partial charge in [0.2, 0.25) is 10.0 Å². The predicted molar refractivity (Wildman–Crippen MR) is 62.3 cm³/mol. The van der Waals surface area contributed by atoms with E-state index < -0.39 is 33.3 Å². The lowest BCUT2D eigenvalue weighted by atomic mass is 9.98. The summed E-state index contributed by atoms with van der Waals surface area (Å²) in [4.78, 5) is 22.0. The zero-order chi connectivity index (χ0) is 14.0. The van der Waals surface area contributed by atoms with Crippen LogP contribution >= 0.6 is 0 Å². The molecule has 0 amide bonds. The van der Waals surface area contributed by atoms with Crippen LogP contribution in [0, 0.1) is 5.92 Å². The Kier molecular flexibility index (Phi) is 4.33. The van der Waals surface area contributed by atoms with Crippen LogP contribution < -0.4 is 4.72 Å². The second-order valence-electron chi connectivity index (χ2n) is 4.53. The molecule has 104 valence electrons. The van der Waals surface area contributed by atoms with Gasteiger partial charge in [-0.25, -0.2) is 8.42 Å². The van der Waals surface area contributed by atoms with Gasteiger partial charge in [-0.1, -0.05) is 0 Å². The molecule has 0 heterocycles. The van der Waals surface area contributed by atoms with Gasteiger partial charge in [0.05, 0.1) is 19.3 Å². The second kappa shape index (κ2) is 5.23. The Morgan fingerprint density at radius 3 is 2.39 bits per heavy atom. The van der Waals surface area contributed by atoms with Crippen LogP contribution in [0.15, 0.2) is 0 Å². The van der Waals surface area contributed by atoms with Crippen molar-refractivity contribution in [2.45, 2.75) is 31.7 Å². The van der Waals surface area contributed by atoms with Gasteiger partial charge in [0.1, 0.15) is 5.54 Å². The summed E-state index contributed by atoms with van der Waals surface area (Å²) in [6, 6.07) is 0. The maximum absolute atomic E-state index is 11.7. The molecule has 2 N–H and O–H groups in total. The lowest BCUT2D eigenvalue weighted by Crippen LogP contribution is -2.54. The topological polar surface area (TPSA) is 110 Å². The first-order valence-electron chi connectivity index (χ1n) is 5.53. The molecule has 0 spiro atoms. The number of hydrogen-bond donors (Lipinski definition) is 2. The maximum atomic E-state index is 11.7. The SMILES string of the molecule is COC(=O)CCS(=O)(=O)NC(C)(C(=O)O)C1CC1. The molecule has 1 unspecified atom stereocenters. The van der Waals surface area contributed by atoms with Crippen LogP contribution in [0.1, 0.15) is 26.2 Å². The molecular formula is C10H17NO6S. The summed E-state index contributed by atoms with van der Waals surface area (Å²) in [5.74, 6) is -2.52. The van der Waals surface area contributed by atoms with Gasteiger partial charge in [0, 0.05) is 0 Å². The zero-order valence-corrected chi connectivity index (χ0v) is 11.1. The Morgan fingerprint density at radius 1 is 1.44 bits per heavy atom. The van der Waals surface area contributed by atoms with Crippen LogP contribution in [0.4, 0.5) is 0 Å². The molecule has 1 aliphatic carbocycles. The molecule has 18 heavy (non-hydrogen) atoms. The standard InChI is InChI=1S/C10H17NO6S/c1-10(9(13)14,7-3-4-7)11-18(15,16)6-5-8(12)17-2/h7,11H,3-6H2,1-2H3,(H,13,14). The zero-order valence-electron chi connectivity index (χ0n) is 10.3. The van der Waals surface area contributed by atoms with Gasteiger partial charge in [-0.3, -0.25) is 9.59 Å². The van der Waals surface area contributed by atoms with Crippen molar-refractivity contribution in [3.05, 3.63) is 0 Å². The summed E-state index contributed by atoms with van der Waals surface area (Å²) in [6.07, 6.45) is 1.07. The third-order valence-electron chi connectivity index (χ3n) is 3.01. The van der Waals surface area contributed by atoms with Crippen LogP contribution in [0.2, 0.25) is 0 Å². The fourth-order valence-corrected chi connectivity index (χ4v) is 3.09. The highest BCUT2D eigenvalue weighted by atomic mass is 32.2. The average molecular weight is 279 g/mol. The number of carboxylic acid groups (broad SMARTS) is 1. The summed E-state index contributed by atoms with van der Waals surface area (Å²) < 4.78 is 30.0. The minimum Gasteiger partial charge on any atom is -0.480 e. The Morgan fingerprint density at radius 2 is 2.00 bits per heavy atom. The van der Waals surface area contributed by atoms with E-state index in [1.54, 1.807) is 0 Å². The minimum absolute atomic E-state index is 0.192. The highest BCUT2D eigenvalue weighted by Gasteiger charge is 2.49. The molecule has 0 radical (unpaired) electrons. The Hall–Kier alpha value is -1.15. The van der Waals surface area contributed by atoms with Gasteiger partial charge < -0.3 is 9.84 Å². The lowest BCUT2D eigenvalue weighted by molar-refractivity contribution is -0.144. The molecule has 1 aliphatic rings. The number of hydrogen-bond acceptors (Lipinski definition) is 5. The summed E-state index contributed by atoms with van der Waals surface area (Å²) in [6.45, 7) is 1.35. The minimum atomic E-state index is -3.83. The third-order valence-corrected chi connectivity index (χ3v) is 4.48. The fraction of sp³-hybridized carbons (Fsp3) is 0.800. The van der Waals surface area contributed by atoms with Crippen molar-refractivity contribution in [1.29, 1.82) is 0 Å². The number of rotatable bonds is 7. The normalized spacial score (nSPS) is 19.0. The number of methoxy groups -OCH3 is 1. The number of aliphatic carboxylic acids is 1. The first-order chi connectivity index (χ1) is 8.21. The second-order valence-corrected chi connectivity index (χ2v) is 6.37. The molecule has 0 saturated heterocycles. The molecule has 0 aromatic heterocycles. The van der Waals surface area contributed by atoms with E-state index in [1.165, 1.54) is 6.92 Å². The van der Waals surface area contributed by atoms with Crippen molar-refractivity contribution in [2.24, 2.45) is 5.92 Å². The molecule has 0 aromatic rings. The predicted octanol–water partition coefficient (Wildman–Crippen LogP) is -0.278. The molecule has 0 bridgehead atoms. The molecular weight excluding hydrogens is 262 g/mol. The Bertz CT molecular complexity index is 441.